The zero-order chi connectivity index (χ0) is 12.7. The monoisotopic (exact) mass is 233 g/mol. The van der Waals surface area contributed by atoms with Gasteiger partial charge >= 0.3 is 6.09 Å². The van der Waals surface area contributed by atoms with Crippen LogP contribution in [0.5, 0.6) is 0 Å². The van der Waals surface area contributed by atoms with E-state index in [1.807, 2.05) is 49.4 Å². The highest BCUT2D eigenvalue weighted by molar-refractivity contribution is 5.84. The predicted molar refractivity (Wildman–Crippen MR) is 70.0 cm³/mol. The summed E-state index contributed by atoms with van der Waals surface area (Å²) < 4.78 is 5.17. The van der Waals surface area contributed by atoms with Crippen molar-refractivity contribution >= 4 is 11.8 Å². The first kappa shape index (κ1) is 13.3. The Labute approximate surface area is 102 Å². The number of rotatable bonds is 4. The molecule has 17 heavy (non-hydrogen) atoms. The molecule has 1 rings (SSSR count). The van der Waals surface area contributed by atoms with E-state index in [9.17, 15) is 4.79 Å². The van der Waals surface area contributed by atoms with Crippen LogP contribution < -0.4 is 5.32 Å². The van der Waals surface area contributed by atoms with Crippen LogP contribution in [0.15, 0.2) is 42.5 Å². The first-order valence-corrected chi connectivity index (χ1v) is 5.79. The topological polar surface area (TPSA) is 38.3 Å². The summed E-state index contributed by atoms with van der Waals surface area (Å²) in [5.74, 6) is 0.457. The van der Waals surface area contributed by atoms with Crippen LogP contribution in [-0.4, -0.2) is 12.2 Å². The standard InChI is InChI=1S/C14H19NO2/c1-11(2)9-10-12(3)17-14(16)15-13-7-5-4-6-8-13/h4-12H,1-3H3,(H,15,16)/b10-9-. The molecule has 0 saturated heterocycles. The maximum absolute atomic E-state index is 11.5. The van der Waals surface area contributed by atoms with Crippen molar-refractivity contribution < 1.29 is 9.53 Å². The van der Waals surface area contributed by atoms with E-state index < -0.39 is 6.09 Å². The van der Waals surface area contributed by atoms with Gasteiger partial charge in [0.15, 0.2) is 0 Å². The molecule has 1 N–H and O–H groups in total. The van der Waals surface area contributed by atoms with Crippen LogP contribution in [0.3, 0.4) is 0 Å². The van der Waals surface area contributed by atoms with Crippen molar-refractivity contribution in [2.24, 2.45) is 5.92 Å². The molecule has 3 nitrogen and oxygen atoms in total. The first-order valence-electron chi connectivity index (χ1n) is 5.79. The van der Waals surface area contributed by atoms with Crippen LogP contribution in [0.25, 0.3) is 0 Å². The molecule has 1 atom stereocenters. The van der Waals surface area contributed by atoms with E-state index in [0.717, 1.165) is 5.69 Å². The zero-order valence-electron chi connectivity index (χ0n) is 10.5. The smallest absolute Gasteiger partial charge is 0.412 e. The SMILES string of the molecule is CC(C)/C=C\C(C)OC(=O)Nc1ccccc1. The lowest BCUT2D eigenvalue weighted by atomic mass is 10.2. The van der Waals surface area contributed by atoms with E-state index >= 15 is 0 Å². The van der Waals surface area contributed by atoms with Gasteiger partial charge in [-0.3, -0.25) is 5.32 Å². The highest BCUT2D eigenvalue weighted by atomic mass is 16.6. The number of nitrogens with one attached hydrogen (secondary N) is 1. The third-order valence-corrected chi connectivity index (χ3v) is 2.08. The summed E-state index contributed by atoms with van der Waals surface area (Å²) in [6.45, 7) is 5.99. The van der Waals surface area contributed by atoms with Gasteiger partial charge in [-0.15, -0.1) is 0 Å². The molecule has 1 unspecified atom stereocenters. The number of carbonyl (C=O) groups is 1. The Morgan fingerprint density at radius 1 is 1.18 bits per heavy atom. The lowest BCUT2D eigenvalue weighted by Crippen LogP contribution is -2.18. The minimum Gasteiger partial charge on any atom is -0.442 e. The maximum atomic E-state index is 11.5. The summed E-state index contributed by atoms with van der Waals surface area (Å²) in [7, 11) is 0. The largest absolute Gasteiger partial charge is 0.442 e. The fourth-order valence-corrected chi connectivity index (χ4v) is 1.26. The number of carbonyl (C=O) groups excluding carboxylic acids is 1. The van der Waals surface area contributed by atoms with Gasteiger partial charge in [0.1, 0.15) is 6.10 Å². The molecule has 0 aliphatic rings. The average Bonchev–Trinajstić information content (AvgIpc) is 2.27. The van der Waals surface area contributed by atoms with E-state index in [0.29, 0.717) is 5.92 Å². The summed E-state index contributed by atoms with van der Waals surface area (Å²) in [6.07, 6.45) is 3.24. The minimum absolute atomic E-state index is 0.221. The average molecular weight is 233 g/mol. The molecule has 0 aliphatic carbocycles. The summed E-state index contributed by atoms with van der Waals surface area (Å²) in [6, 6.07) is 9.24. The fourth-order valence-electron chi connectivity index (χ4n) is 1.26. The second-order valence-electron chi connectivity index (χ2n) is 4.23. The van der Waals surface area contributed by atoms with Crippen LogP contribution in [0.2, 0.25) is 0 Å². The molecular formula is C14H19NO2. The quantitative estimate of drug-likeness (QED) is 0.802. The molecule has 0 spiro atoms. The molecule has 0 fully saturated rings. The van der Waals surface area contributed by atoms with Crippen molar-refractivity contribution in [3.05, 3.63) is 42.5 Å². The van der Waals surface area contributed by atoms with Gasteiger partial charge in [0.2, 0.25) is 0 Å². The number of allylic oxidation sites excluding steroid dienone is 1. The van der Waals surface area contributed by atoms with E-state index in [1.165, 1.54) is 0 Å². The van der Waals surface area contributed by atoms with Crippen LogP contribution >= 0.6 is 0 Å². The summed E-state index contributed by atoms with van der Waals surface area (Å²) >= 11 is 0. The molecule has 0 aliphatic heterocycles. The fraction of sp³-hybridized carbons (Fsp3) is 0.357. The van der Waals surface area contributed by atoms with Gasteiger partial charge in [0.25, 0.3) is 0 Å². The Hall–Kier alpha value is -1.77. The van der Waals surface area contributed by atoms with Gasteiger partial charge in [-0.1, -0.05) is 38.1 Å². The van der Waals surface area contributed by atoms with Gasteiger partial charge in [-0.2, -0.15) is 0 Å². The third-order valence-electron chi connectivity index (χ3n) is 2.08. The normalized spacial score (nSPS) is 12.7. The van der Waals surface area contributed by atoms with Crippen molar-refractivity contribution in [3.8, 4) is 0 Å². The second-order valence-corrected chi connectivity index (χ2v) is 4.23. The lowest BCUT2D eigenvalue weighted by molar-refractivity contribution is 0.141. The molecule has 0 saturated carbocycles. The van der Waals surface area contributed by atoms with Crippen molar-refractivity contribution in [1.82, 2.24) is 0 Å². The van der Waals surface area contributed by atoms with Gasteiger partial charge in [-0.05, 0) is 31.1 Å². The Bertz CT molecular complexity index is 371. The third kappa shape index (κ3) is 5.76. The van der Waals surface area contributed by atoms with Gasteiger partial charge in [0, 0.05) is 5.69 Å². The first-order chi connectivity index (χ1) is 8.08. The van der Waals surface area contributed by atoms with E-state index in [2.05, 4.69) is 19.2 Å². The Balaban J connectivity index is 2.40. The van der Waals surface area contributed by atoms with E-state index in [-0.39, 0.29) is 6.10 Å². The Kier molecular flexibility index (Phi) is 5.27. The Morgan fingerprint density at radius 3 is 2.41 bits per heavy atom. The van der Waals surface area contributed by atoms with Crippen molar-refractivity contribution in [2.75, 3.05) is 5.32 Å². The number of hydrogen-bond acceptors (Lipinski definition) is 2. The van der Waals surface area contributed by atoms with Crippen LogP contribution in [0.1, 0.15) is 20.8 Å². The van der Waals surface area contributed by atoms with Crippen LogP contribution in [0.4, 0.5) is 10.5 Å². The number of hydrogen-bond donors (Lipinski definition) is 1. The maximum Gasteiger partial charge on any atom is 0.412 e. The highest BCUT2D eigenvalue weighted by Crippen LogP contribution is 2.07. The number of ether oxygens (including phenoxy) is 1. The zero-order valence-corrected chi connectivity index (χ0v) is 10.5. The lowest BCUT2D eigenvalue weighted by Gasteiger charge is -2.10. The predicted octanol–water partition coefficient (Wildman–Crippen LogP) is 3.84. The van der Waals surface area contributed by atoms with Crippen LogP contribution in [0, 0.1) is 5.92 Å². The second kappa shape index (κ2) is 6.74. The van der Waals surface area contributed by atoms with Crippen molar-refractivity contribution in [1.29, 1.82) is 0 Å². The van der Waals surface area contributed by atoms with Gasteiger partial charge in [-0.25, -0.2) is 4.79 Å². The molecule has 3 heteroatoms. The number of amides is 1. The molecule has 0 heterocycles. The van der Waals surface area contributed by atoms with Gasteiger partial charge in [0.05, 0.1) is 0 Å². The number of para-hydroxylation sites is 1. The molecule has 92 valence electrons. The van der Waals surface area contributed by atoms with Crippen molar-refractivity contribution in [2.45, 2.75) is 26.9 Å². The summed E-state index contributed by atoms with van der Waals surface area (Å²) in [5.41, 5.74) is 0.734. The summed E-state index contributed by atoms with van der Waals surface area (Å²) in [4.78, 5) is 11.5. The van der Waals surface area contributed by atoms with Crippen LogP contribution in [-0.2, 0) is 4.74 Å². The van der Waals surface area contributed by atoms with Crippen molar-refractivity contribution in [3.63, 3.8) is 0 Å². The van der Waals surface area contributed by atoms with Gasteiger partial charge < -0.3 is 4.74 Å². The molecular weight excluding hydrogens is 214 g/mol. The molecule has 0 aromatic heterocycles. The minimum atomic E-state index is -0.433. The number of anilines is 1. The summed E-state index contributed by atoms with van der Waals surface area (Å²) in [5, 5.41) is 2.67. The van der Waals surface area contributed by atoms with E-state index in [4.69, 9.17) is 4.74 Å². The number of benzene rings is 1. The molecule has 1 amide bonds. The Morgan fingerprint density at radius 2 is 1.82 bits per heavy atom. The van der Waals surface area contributed by atoms with E-state index in [1.54, 1.807) is 0 Å². The molecule has 0 radical (unpaired) electrons. The highest BCUT2D eigenvalue weighted by Gasteiger charge is 2.06. The molecule has 1 aromatic carbocycles. The molecule has 0 bridgehead atoms. The molecule has 1 aromatic rings.